The van der Waals surface area contributed by atoms with Crippen molar-refractivity contribution in [1.29, 1.82) is 0 Å². The summed E-state index contributed by atoms with van der Waals surface area (Å²) in [4.78, 5) is 12.1. The number of benzene rings is 1. The van der Waals surface area contributed by atoms with Gasteiger partial charge in [-0.2, -0.15) is 0 Å². The highest BCUT2D eigenvalue weighted by Crippen LogP contribution is 2.11. The molecule has 0 bridgehead atoms. The molecule has 1 saturated heterocycles. The first-order valence-corrected chi connectivity index (χ1v) is 6.26. The van der Waals surface area contributed by atoms with E-state index in [0.717, 1.165) is 30.5 Å². The minimum atomic E-state index is 0.0576. The van der Waals surface area contributed by atoms with Crippen molar-refractivity contribution in [2.24, 2.45) is 0 Å². The van der Waals surface area contributed by atoms with Crippen molar-refractivity contribution in [3.63, 3.8) is 0 Å². The molecule has 1 aromatic rings. The SMILES string of the molecule is Cc1ccccc1C(=O)NC1CCNC(C)C1. The Bertz CT molecular complexity index is 403. The Labute approximate surface area is 103 Å². The first-order valence-electron chi connectivity index (χ1n) is 6.26. The van der Waals surface area contributed by atoms with Gasteiger partial charge in [0.1, 0.15) is 0 Å². The average molecular weight is 232 g/mol. The number of nitrogens with one attached hydrogen (secondary N) is 2. The zero-order valence-electron chi connectivity index (χ0n) is 10.5. The van der Waals surface area contributed by atoms with E-state index in [1.165, 1.54) is 0 Å². The fourth-order valence-electron chi connectivity index (χ4n) is 2.35. The normalized spacial score (nSPS) is 24.4. The van der Waals surface area contributed by atoms with Crippen molar-refractivity contribution in [2.75, 3.05) is 6.54 Å². The molecule has 92 valence electrons. The van der Waals surface area contributed by atoms with E-state index >= 15 is 0 Å². The van der Waals surface area contributed by atoms with Crippen LogP contribution in [0.25, 0.3) is 0 Å². The standard InChI is InChI=1S/C14H20N2O/c1-10-5-3-4-6-13(10)14(17)16-12-7-8-15-11(2)9-12/h3-6,11-12,15H,7-9H2,1-2H3,(H,16,17). The lowest BCUT2D eigenvalue weighted by Crippen LogP contribution is -2.46. The molecule has 3 nitrogen and oxygen atoms in total. The average Bonchev–Trinajstić information content (AvgIpc) is 2.29. The molecule has 1 aliphatic rings. The maximum absolute atomic E-state index is 12.1. The van der Waals surface area contributed by atoms with Crippen LogP contribution in [-0.2, 0) is 0 Å². The third-order valence-electron chi connectivity index (χ3n) is 3.35. The highest BCUT2D eigenvalue weighted by molar-refractivity contribution is 5.95. The van der Waals surface area contributed by atoms with E-state index in [0.29, 0.717) is 12.1 Å². The molecule has 0 radical (unpaired) electrons. The lowest BCUT2D eigenvalue weighted by molar-refractivity contribution is 0.0925. The second-order valence-corrected chi connectivity index (χ2v) is 4.86. The number of amides is 1. The van der Waals surface area contributed by atoms with Crippen molar-refractivity contribution in [3.8, 4) is 0 Å². The molecular weight excluding hydrogens is 212 g/mol. The lowest BCUT2D eigenvalue weighted by atomic mass is 9.99. The van der Waals surface area contributed by atoms with E-state index in [1.54, 1.807) is 0 Å². The van der Waals surface area contributed by atoms with Crippen LogP contribution in [-0.4, -0.2) is 24.5 Å². The van der Waals surface area contributed by atoms with Crippen LogP contribution in [0.2, 0.25) is 0 Å². The van der Waals surface area contributed by atoms with Gasteiger partial charge in [0.25, 0.3) is 5.91 Å². The van der Waals surface area contributed by atoms with E-state index in [9.17, 15) is 4.79 Å². The van der Waals surface area contributed by atoms with Gasteiger partial charge in [-0.1, -0.05) is 18.2 Å². The summed E-state index contributed by atoms with van der Waals surface area (Å²) in [7, 11) is 0. The molecule has 0 saturated carbocycles. The van der Waals surface area contributed by atoms with Crippen LogP contribution in [0.15, 0.2) is 24.3 Å². The third kappa shape index (κ3) is 3.07. The maximum Gasteiger partial charge on any atom is 0.251 e. The number of hydrogen-bond donors (Lipinski definition) is 2. The van der Waals surface area contributed by atoms with E-state index in [2.05, 4.69) is 17.6 Å². The Hall–Kier alpha value is -1.35. The van der Waals surface area contributed by atoms with E-state index in [4.69, 9.17) is 0 Å². The van der Waals surface area contributed by atoms with Gasteiger partial charge in [0.2, 0.25) is 0 Å². The highest BCUT2D eigenvalue weighted by atomic mass is 16.1. The van der Waals surface area contributed by atoms with Gasteiger partial charge in [-0.3, -0.25) is 4.79 Å². The quantitative estimate of drug-likeness (QED) is 0.817. The predicted molar refractivity (Wildman–Crippen MR) is 69.1 cm³/mol. The van der Waals surface area contributed by atoms with Crippen LogP contribution >= 0.6 is 0 Å². The second-order valence-electron chi connectivity index (χ2n) is 4.86. The zero-order valence-corrected chi connectivity index (χ0v) is 10.5. The van der Waals surface area contributed by atoms with Crippen LogP contribution in [0.1, 0.15) is 35.7 Å². The highest BCUT2D eigenvalue weighted by Gasteiger charge is 2.20. The van der Waals surface area contributed by atoms with E-state index in [1.807, 2.05) is 31.2 Å². The predicted octanol–water partition coefficient (Wildman–Crippen LogP) is 1.87. The van der Waals surface area contributed by atoms with Gasteiger partial charge in [0, 0.05) is 17.6 Å². The third-order valence-corrected chi connectivity index (χ3v) is 3.35. The van der Waals surface area contributed by atoms with Crippen LogP contribution in [0.4, 0.5) is 0 Å². The molecule has 0 aromatic heterocycles. The topological polar surface area (TPSA) is 41.1 Å². The number of carbonyl (C=O) groups is 1. The number of rotatable bonds is 2. The smallest absolute Gasteiger partial charge is 0.251 e. The minimum Gasteiger partial charge on any atom is -0.349 e. The van der Waals surface area contributed by atoms with Crippen molar-refractivity contribution in [1.82, 2.24) is 10.6 Å². The first-order chi connectivity index (χ1) is 8.16. The first kappa shape index (κ1) is 12.1. The largest absolute Gasteiger partial charge is 0.349 e. The van der Waals surface area contributed by atoms with Gasteiger partial charge < -0.3 is 10.6 Å². The molecule has 2 rings (SSSR count). The summed E-state index contributed by atoms with van der Waals surface area (Å²) >= 11 is 0. The summed E-state index contributed by atoms with van der Waals surface area (Å²) in [5, 5.41) is 6.51. The molecule has 1 amide bonds. The molecule has 2 N–H and O–H groups in total. The lowest BCUT2D eigenvalue weighted by Gasteiger charge is -2.28. The van der Waals surface area contributed by atoms with E-state index < -0.39 is 0 Å². The molecule has 1 aromatic carbocycles. The molecule has 17 heavy (non-hydrogen) atoms. The van der Waals surface area contributed by atoms with E-state index in [-0.39, 0.29) is 5.91 Å². The summed E-state index contributed by atoms with van der Waals surface area (Å²) in [5.74, 6) is 0.0576. The van der Waals surface area contributed by atoms with Crippen LogP contribution < -0.4 is 10.6 Å². The summed E-state index contributed by atoms with van der Waals surface area (Å²) in [5.41, 5.74) is 1.82. The molecule has 1 heterocycles. The molecule has 2 unspecified atom stereocenters. The Kier molecular flexibility index (Phi) is 3.79. The summed E-state index contributed by atoms with van der Waals surface area (Å²) < 4.78 is 0. The van der Waals surface area contributed by atoms with Crippen LogP contribution in [0.3, 0.4) is 0 Å². The van der Waals surface area contributed by atoms with Crippen molar-refractivity contribution in [2.45, 2.75) is 38.8 Å². The second kappa shape index (κ2) is 5.32. The van der Waals surface area contributed by atoms with Gasteiger partial charge in [-0.25, -0.2) is 0 Å². The van der Waals surface area contributed by atoms with Gasteiger partial charge in [0.05, 0.1) is 0 Å². The van der Waals surface area contributed by atoms with Gasteiger partial charge in [0.15, 0.2) is 0 Å². The molecule has 0 spiro atoms. The number of carbonyl (C=O) groups excluding carboxylic acids is 1. The summed E-state index contributed by atoms with van der Waals surface area (Å²) in [6, 6.07) is 8.52. The van der Waals surface area contributed by atoms with Gasteiger partial charge >= 0.3 is 0 Å². The summed E-state index contributed by atoms with van der Waals surface area (Å²) in [6.07, 6.45) is 2.03. The fourth-order valence-corrected chi connectivity index (χ4v) is 2.35. The molecule has 1 aliphatic heterocycles. The Morgan fingerprint density at radius 2 is 2.18 bits per heavy atom. The van der Waals surface area contributed by atoms with Gasteiger partial charge in [-0.15, -0.1) is 0 Å². The van der Waals surface area contributed by atoms with Crippen molar-refractivity contribution < 1.29 is 4.79 Å². The van der Waals surface area contributed by atoms with Gasteiger partial charge in [-0.05, 0) is 44.9 Å². The Morgan fingerprint density at radius 3 is 2.88 bits per heavy atom. The number of aryl methyl sites for hydroxylation is 1. The van der Waals surface area contributed by atoms with Crippen LogP contribution in [0, 0.1) is 6.92 Å². The van der Waals surface area contributed by atoms with Crippen molar-refractivity contribution >= 4 is 5.91 Å². The maximum atomic E-state index is 12.1. The minimum absolute atomic E-state index is 0.0576. The number of hydrogen-bond acceptors (Lipinski definition) is 2. The monoisotopic (exact) mass is 232 g/mol. The molecular formula is C14H20N2O. The Morgan fingerprint density at radius 1 is 1.41 bits per heavy atom. The molecule has 1 fully saturated rings. The summed E-state index contributed by atoms with van der Waals surface area (Å²) in [6.45, 7) is 5.12. The fraction of sp³-hybridized carbons (Fsp3) is 0.500. The van der Waals surface area contributed by atoms with Crippen molar-refractivity contribution in [3.05, 3.63) is 35.4 Å². The molecule has 0 aliphatic carbocycles. The van der Waals surface area contributed by atoms with Crippen LogP contribution in [0.5, 0.6) is 0 Å². The zero-order chi connectivity index (χ0) is 12.3. The molecule has 3 heteroatoms. The number of piperidine rings is 1. The Balaban J connectivity index is 1.99. The molecule has 2 atom stereocenters.